The van der Waals surface area contributed by atoms with Crippen LogP contribution in [-0.2, 0) is 16.1 Å². The Morgan fingerprint density at radius 1 is 0.968 bits per heavy atom. The highest BCUT2D eigenvalue weighted by atomic mass is 16.5. The van der Waals surface area contributed by atoms with E-state index in [4.69, 9.17) is 14.2 Å². The minimum Gasteiger partial charge on any atom is -0.497 e. The van der Waals surface area contributed by atoms with Crippen LogP contribution < -0.4 is 19.5 Å². The number of hydrogen-bond donors (Lipinski definition) is 1. The van der Waals surface area contributed by atoms with Crippen molar-refractivity contribution < 1.29 is 23.8 Å². The maximum Gasteiger partial charge on any atom is 0.261 e. The molecule has 168 valence electrons. The van der Waals surface area contributed by atoms with E-state index in [1.54, 1.807) is 45.4 Å². The number of hydrogen-bond acceptors (Lipinski definition) is 5. The van der Waals surface area contributed by atoms with Gasteiger partial charge in [0.15, 0.2) is 6.61 Å². The lowest BCUT2D eigenvalue weighted by molar-refractivity contribution is -0.142. The molecule has 2 aromatic rings. The molecule has 0 aromatic heterocycles. The first-order chi connectivity index (χ1) is 14.9. The highest BCUT2D eigenvalue weighted by Crippen LogP contribution is 2.19. The number of carbonyl (C=O) groups is 2. The van der Waals surface area contributed by atoms with Crippen molar-refractivity contribution in [1.82, 2.24) is 10.2 Å². The molecule has 0 aliphatic carbocycles. The van der Waals surface area contributed by atoms with Gasteiger partial charge in [0, 0.05) is 12.6 Å². The predicted octanol–water partition coefficient (Wildman–Crippen LogP) is 3.41. The lowest BCUT2D eigenvalue weighted by Gasteiger charge is -2.29. The number of carbonyl (C=O) groups excluding carboxylic acids is 2. The Bertz CT molecular complexity index is 853. The van der Waals surface area contributed by atoms with Gasteiger partial charge in [-0.3, -0.25) is 9.59 Å². The Morgan fingerprint density at radius 3 is 2.23 bits per heavy atom. The number of rotatable bonds is 11. The van der Waals surface area contributed by atoms with Gasteiger partial charge in [0.05, 0.1) is 14.2 Å². The zero-order valence-corrected chi connectivity index (χ0v) is 18.9. The second-order valence-electron chi connectivity index (χ2n) is 7.33. The summed E-state index contributed by atoms with van der Waals surface area (Å²) in [7, 11) is 3.18. The number of benzene rings is 2. The third-order valence-electron chi connectivity index (χ3n) is 5.08. The Balaban J connectivity index is 2.15. The molecule has 31 heavy (non-hydrogen) atoms. The SMILES string of the molecule is CC[C@@H](C)NC(=O)[C@H](C)N(Cc1cccc(OC)c1)C(=O)COc1ccc(OC)cc1. The van der Waals surface area contributed by atoms with Crippen LogP contribution in [-0.4, -0.2) is 49.6 Å². The molecular weight excluding hydrogens is 396 g/mol. The molecule has 2 rings (SSSR count). The van der Waals surface area contributed by atoms with E-state index in [0.29, 0.717) is 17.2 Å². The lowest BCUT2D eigenvalue weighted by atomic mass is 10.1. The molecule has 0 heterocycles. The first-order valence-corrected chi connectivity index (χ1v) is 10.4. The Labute approximate surface area is 184 Å². The van der Waals surface area contributed by atoms with E-state index in [2.05, 4.69) is 5.32 Å². The topological polar surface area (TPSA) is 77.1 Å². The van der Waals surface area contributed by atoms with Crippen LogP contribution in [0.25, 0.3) is 0 Å². The predicted molar refractivity (Wildman–Crippen MR) is 119 cm³/mol. The zero-order valence-electron chi connectivity index (χ0n) is 18.9. The molecule has 7 nitrogen and oxygen atoms in total. The van der Waals surface area contributed by atoms with Gasteiger partial charge in [-0.1, -0.05) is 19.1 Å². The van der Waals surface area contributed by atoms with Gasteiger partial charge in [0.1, 0.15) is 23.3 Å². The van der Waals surface area contributed by atoms with Crippen LogP contribution in [0.1, 0.15) is 32.8 Å². The minimum atomic E-state index is -0.660. The fourth-order valence-electron chi connectivity index (χ4n) is 2.92. The van der Waals surface area contributed by atoms with Crippen molar-refractivity contribution >= 4 is 11.8 Å². The summed E-state index contributed by atoms with van der Waals surface area (Å²) >= 11 is 0. The van der Waals surface area contributed by atoms with Crippen LogP contribution in [0.2, 0.25) is 0 Å². The smallest absolute Gasteiger partial charge is 0.261 e. The van der Waals surface area contributed by atoms with Crippen LogP contribution in [0.4, 0.5) is 0 Å². The van der Waals surface area contributed by atoms with Crippen LogP contribution >= 0.6 is 0 Å². The number of ether oxygens (including phenoxy) is 3. The number of methoxy groups -OCH3 is 2. The first kappa shape index (κ1) is 24.1. The molecule has 0 fully saturated rings. The number of amides is 2. The maximum atomic E-state index is 13.1. The fourth-order valence-corrected chi connectivity index (χ4v) is 2.92. The molecule has 0 radical (unpaired) electrons. The third-order valence-corrected chi connectivity index (χ3v) is 5.08. The van der Waals surface area contributed by atoms with Crippen molar-refractivity contribution in [3.63, 3.8) is 0 Å². The summed E-state index contributed by atoms with van der Waals surface area (Å²) < 4.78 is 16.1. The van der Waals surface area contributed by atoms with E-state index in [9.17, 15) is 9.59 Å². The summed E-state index contributed by atoms with van der Waals surface area (Å²) in [5.41, 5.74) is 0.861. The molecule has 0 saturated heterocycles. The molecule has 7 heteroatoms. The number of nitrogens with zero attached hydrogens (tertiary/aromatic N) is 1. The summed E-state index contributed by atoms with van der Waals surface area (Å²) in [5.74, 6) is 1.46. The molecule has 0 saturated carbocycles. The van der Waals surface area contributed by atoms with Gasteiger partial charge in [-0.2, -0.15) is 0 Å². The van der Waals surface area contributed by atoms with E-state index in [1.165, 1.54) is 4.90 Å². The quantitative estimate of drug-likeness (QED) is 0.594. The Morgan fingerprint density at radius 2 is 1.61 bits per heavy atom. The van der Waals surface area contributed by atoms with Crippen molar-refractivity contribution in [3.8, 4) is 17.2 Å². The van der Waals surface area contributed by atoms with E-state index in [1.807, 2.05) is 38.1 Å². The van der Waals surface area contributed by atoms with E-state index in [0.717, 1.165) is 12.0 Å². The van der Waals surface area contributed by atoms with Gasteiger partial charge in [0.2, 0.25) is 5.91 Å². The van der Waals surface area contributed by atoms with Crippen molar-refractivity contribution in [1.29, 1.82) is 0 Å². The van der Waals surface area contributed by atoms with Crippen molar-refractivity contribution in [2.45, 2.75) is 45.8 Å². The van der Waals surface area contributed by atoms with Crippen molar-refractivity contribution in [2.75, 3.05) is 20.8 Å². The van der Waals surface area contributed by atoms with E-state index < -0.39 is 6.04 Å². The highest BCUT2D eigenvalue weighted by molar-refractivity contribution is 5.88. The molecular formula is C24H32N2O5. The van der Waals surface area contributed by atoms with Gasteiger partial charge < -0.3 is 24.4 Å². The average Bonchev–Trinajstić information content (AvgIpc) is 2.80. The third kappa shape index (κ3) is 7.20. The Kier molecular flexibility index (Phi) is 9.18. The lowest BCUT2D eigenvalue weighted by Crippen LogP contribution is -2.50. The monoisotopic (exact) mass is 428 g/mol. The summed E-state index contributed by atoms with van der Waals surface area (Å²) in [5, 5.41) is 2.95. The van der Waals surface area contributed by atoms with Gasteiger partial charge in [-0.15, -0.1) is 0 Å². The first-order valence-electron chi connectivity index (χ1n) is 10.4. The van der Waals surface area contributed by atoms with Crippen molar-refractivity contribution in [3.05, 3.63) is 54.1 Å². The molecule has 0 aliphatic rings. The molecule has 0 bridgehead atoms. The second-order valence-corrected chi connectivity index (χ2v) is 7.33. The normalized spacial score (nSPS) is 12.4. The van der Waals surface area contributed by atoms with Crippen LogP contribution in [0.5, 0.6) is 17.2 Å². The molecule has 2 atom stereocenters. The summed E-state index contributed by atoms with van der Waals surface area (Å²) in [6, 6.07) is 13.8. The molecule has 0 unspecified atom stereocenters. The molecule has 2 aromatic carbocycles. The molecule has 2 amide bonds. The minimum absolute atomic E-state index is 0.0271. The number of nitrogens with one attached hydrogen (secondary N) is 1. The molecule has 0 aliphatic heterocycles. The van der Waals surface area contributed by atoms with Gasteiger partial charge in [-0.05, 0) is 62.2 Å². The van der Waals surface area contributed by atoms with Gasteiger partial charge in [-0.25, -0.2) is 0 Å². The van der Waals surface area contributed by atoms with Gasteiger partial charge in [0.25, 0.3) is 5.91 Å². The van der Waals surface area contributed by atoms with Gasteiger partial charge >= 0.3 is 0 Å². The van der Waals surface area contributed by atoms with Crippen LogP contribution in [0, 0.1) is 0 Å². The van der Waals surface area contributed by atoms with Crippen LogP contribution in [0.15, 0.2) is 48.5 Å². The van der Waals surface area contributed by atoms with E-state index >= 15 is 0 Å². The zero-order chi connectivity index (χ0) is 22.8. The summed E-state index contributed by atoms with van der Waals surface area (Å²) in [6.45, 7) is 5.74. The van der Waals surface area contributed by atoms with E-state index in [-0.39, 0.29) is 31.0 Å². The van der Waals surface area contributed by atoms with Crippen LogP contribution in [0.3, 0.4) is 0 Å². The largest absolute Gasteiger partial charge is 0.497 e. The average molecular weight is 429 g/mol. The maximum absolute atomic E-state index is 13.1. The van der Waals surface area contributed by atoms with Crippen molar-refractivity contribution in [2.24, 2.45) is 0 Å². The fraction of sp³-hybridized carbons (Fsp3) is 0.417. The molecule has 1 N–H and O–H groups in total. The summed E-state index contributed by atoms with van der Waals surface area (Å²) in [6.07, 6.45) is 0.808. The highest BCUT2D eigenvalue weighted by Gasteiger charge is 2.27. The second kappa shape index (κ2) is 11.8. The summed E-state index contributed by atoms with van der Waals surface area (Å²) in [4.78, 5) is 27.3. The Hall–Kier alpha value is -3.22. The molecule has 0 spiro atoms. The standard InChI is InChI=1S/C24H32N2O5/c1-6-17(2)25-24(28)18(3)26(15-19-8-7-9-22(14-19)30-5)23(27)16-31-21-12-10-20(29-4)11-13-21/h7-14,17-18H,6,15-16H2,1-5H3,(H,25,28)/t17-,18+/m1/s1.